The number of sulfone groups is 1. The zero-order valence-electron chi connectivity index (χ0n) is 9.01. The molecule has 0 radical (unpaired) electrons. The lowest BCUT2D eigenvalue weighted by Crippen LogP contribution is -2.04. The minimum atomic E-state index is -3.40. The van der Waals surface area contributed by atoms with Crippen molar-refractivity contribution in [2.75, 3.05) is 0 Å². The third-order valence-electron chi connectivity index (χ3n) is 2.35. The van der Waals surface area contributed by atoms with Gasteiger partial charge in [0, 0.05) is 0 Å². The van der Waals surface area contributed by atoms with Gasteiger partial charge in [-0.3, -0.25) is 0 Å². The van der Waals surface area contributed by atoms with Crippen LogP contribution in [0.25, 0.3) is 0 Å². The number of rotatable bonds is 3. The highest BCUT2D eigenvalue weighted by molar-refractivity contribution is 7.90. The lowest BCUT2D eigenvalue weighted by atomic mass is 10.2. The Kier molecular flexibility index (Phi) is 3.24. The van der Waals surface area contributed by atoms with Crippen molar-refractivity contribution in [1.82, 2.24) is 0 Å². The second-order valence-corrected chi connectivity index (χ2v) is 5.69. The molecule has 0 N–H and O–H groups in total. The van der Waals surface area contributed by atoms with Crippen molar-refractivity contribution in [1.29, 1.82) is 0 Å². The largest absolute Gasteiger partial charge is 0.223 e. The van der Waals surface area contributed by atoms with Crippen LogP contribution in [0.15, 0.2) is 59.5 Å². The van der Waals surface area contributed by atoms with Gasteiger partial charge in [0.25, 0.3) is 0 Å². The van der Waals surface area contributed by atoms with E-state index in [0.29, 0.717) is 5.56 Å². The first-order valence-electron chi connectivity index (χ1n) is 5.10. The molecule has 0 aliphatic carbocycles. The molecule has 0 amide bonds. The van der Waals surface area contributed by atoms with E-state index in [1.807, 2.05) is 0 Å². The van der Waals surface area contributed by atoms with Gasteiger partial charge in [0.2, 0.25) is 0 Å². The molecule has 0 saturated heterocycles. The van der Waals surface area contributed by atoms with E-state index in [9.17, 15) is 12.8 Å². The minimum Gasteiger partial charge on any atom is -0.223 e. The summed E-state index contributed by atoms with van der Waals surface area (Å²) in [4.78, 5) is 0.254. The van der Waals surface area contributed by atoms with Crippen LogP contribution in [0, 0.1) is 5.82 Å². The van der Waals surface area contributed by atoms with Crippen LogP contribution in [-0.4, -0.2) is 8.42 Å². The molecule has 0 aromatic heterocycles. The van der Waals surface area contributed by atoms with Crippen LogP contribution in [0.5, 0.6) is 0 Å². The molecule has 0 aliphatic rings. The Balaban J connectivity index is 2.30. The number of hydrogen-bond donors (Lipinski definition) is 0. The van der Waals surface area contributed by atoms with Crippen molar-refractivity contribution in [2.45, 2.75) is 10.6 Å². The molecule has 2 nitrogen and oxygen atoms in total. The smallest absolute Gasteiger partial charge is 0.182 e. The van der Waals surface area contributed by atoms with Crippen LogP contribution < -0.4 is 0 Å². The summed E-state index contributed by atoms with van der Waals surface area (Å²) in [5, 5.41) is 0. The van der Waals surface area contributed by atoms with Crippen molar-refractivity contribution in [3.8, 4) is 0 Å². The maximum atomic E-state index is 12.9. The molecule has 0 spiro atoms. The molecular weight excluding hydrogens is 239 g/mol. The summed E-state index contributed by atoms with van der Waals surface area (Å²) < 4.78 is 36.9. The third kappa shape index (κ3) is 2.91. The highest BCUT2D eigenvalue weighted by atomic mass is 32.2. The molecule has 17 heavy (non-hydrogen) atoms. The predicted octanol–water partition coefficient (Wildman–Crippen LogP) is 2.80. The fraction of sp³-hybridized carbons (Fsp3) is 0.0769. The Hall–Kier alpha value is -1.68. The number of halogens is 1. The SMILES string of the molecule is O=S(=O)(Cc1cccc(F)c1)c1ccccc1. The summed E-state index contributed by atoms with van der Waals surface area (Å²) in [6, 6.07) is 13.8. The van der Waals surface area contributed by atoms with Gasteiger partial charge in [0.05, 0.1) is 10.6 Å². The van der Waals surface area contributed by atoms with E-state index in [4.69, 9.17) is 0 Å². The normalized spacial score (nSPS) is 11.4. The fourth-order valence-electron chi connectivity index (χ4n) is 1.56. The molecule has 2 aromatic carbocycles. The molecule has 4 heteroatoms. The van der Waals surface area contributed by atoms with Crippen molar-refractivity contribution < 1.29 is 12.8 Å². The summed E-state index contributed by atoms with van der Waals surface area (Å²) in [5.74, 6) is -0.611. The molecule has 2 rings (SSSR count). The van der Waals surface area contributed by atoms with Crippen molar-refractivity contribution in [2.24, 2.45) is 0 Å². The maximum absolute atomic E-state index is 12.9. The van der Waals surface area contributed by atoms with E-state index in [1.54, 1.807) is 24.3 Å². The Morgan fingerprint density at radius 2 is 1.65 bits per heavy atom. The van der Waals surface area contributed by atoms with Gasteiger partial charge in [-0.2, -0.15) is 0 Å². The van der Waals surface area contributed by atoms with Crippen molar-refractivity contribution in [3.63, 3.8) is 0 Å². The standard InChI is InChI=1S/C13H11FO2S/c14-12-6-4-5-11(9-12)10-17(15,16)13-7-2-1-3-8-13/h1-9H,10H2. The van der Waals surface area contributed by atoms with Gasteiger partial charge in [-0.15, -0.1) is 0 Å². The maximum Gasteiger partial charge on any atom is 0.182 e. The molecule has 0 atom stereocenters. The molecule has 88 valence electrons. The molecule has 0 unspecified atom stereocenters. The van der Waals surface area contributed by atoms with E-state index in [0.717, 1.165) is 0 Å². The second-order valence-electron chi connectivity index (χ2n) is 3.70. The van der Waals surface area contributed by atoms with Crippen LogP contribution >= 0.6 is 0 Å². The first kappa shape index (κ1) is 11.8. The molecule has 0 aliphatic heterocycles. The highest BCUT2D eigenvalue weighted by Gasteiger charge is 2.14. The summed E-state index contributed by atoms with van der Waals surface area (Å²) in [6.07, 6.45) is 0. The van der Waals surface area contributed by atoms with Crippen LogP contribution in [-0.2, 0) is 15.6 Å². The van der Waals surface area contributed by atoms with Crippen LogP contribution in [0.4, 0.5) is 4.39 Å². The molecule has 0 heterocycles. The topological polar surface area (TPSA) is 34.1 Å². The van der Waals surface area contributed by atoms with Crippen LogP contribution in [0.1, 0.15) is 5.56 Å². The van der Waals surface area contributed by atoms with Crippen LogP contribution in [0.3, 0.4) is 0 Å². The Morgan fingerprint density at radius 3 is 2.29 bits per heavy atom. The summed E-state index contributed by atoms with van der Waals surface area (Å²) in [6.45, 7) is 0. The van der Waals surface area contributed by atoms with Gasteiger partial charge in [0.15, 0.2) is 9.84 Å². The zero-order chi connectivity index (χ0) is 12.3. The Labute approximate surface area is 99.6 Å². The summed E-state index contributed by atoms with van der Waals surface area (Å²) in [7, 11) is -3.40. The van der Waals surface area contributed by atoms with Crippen molar-refractivity contribution in [3.05, 3.63) is 66.0 Å². The second kappa shape index (κ2) is 4.67. The average Bonchev–Trinajstić information content (AvgIpc) is 2.29. The molecule has 0 bridgehead atoms. The van der Waals surface area contributed by atoms with Crippen LogP contribution in [0.2, 0.25) is 0 Å². The van der Waals surface area contributed by atoms with Gasteiger partial charge in [-0.25, -0.2) is 12.8 Å². The first-order valence-corrected chi connectivity index (χ1v) is 6.75. The van der Waals surface area contributed by atoms with E-state index >= 15 is 0 Å². The lowest BCUT2D eigenvalue weighted by molar-refractivity contribution is 0.594. The molecular formula is C13H11FO2S. The summed E-state index contributed by atoms with van der Waals surface area (Å²) >= 11 is 0. The monoisotopic (exact) mass is 250 g/mol. The van der Waals surface area contributed by atoms with Crippen molar-refractivity contribution >= 4 is 9.84 Å². The predicted molar refractivity (Wildman–Crippen MR) is 63.7 cm³/mol. The quantitative estimate of drug-likeness (QED) is 0.839. The van der Waals surface area contributed by atoms with E-state index < -0.39 is 15.7 Å². The first-order chi connectivity index (χ1) is 8.08. The van der Waals surface area contributed by atoms with Gasteiger partial charge in [0.1, 0.15) is 5.82 Å². The summed E-state index contributed by atoms with van der Waals surface area (Å²) in [5.41, 5.74) is 0.453. The average molecular weight is 250 g/mol. The van der Waals surface area contributed by atoms with Gasteiger partial charge >= 0.3 is 0 Å². The lowest BCUT2D eigenvalue weighted by Gasteiger charge is -2.04. The fourth-order valence-corrected chi connectivity index (χ4v) is 2.91. The Morgan fingerprint density at radius 1 is 0.941 bits per heavy atom. The minimum absolute atomic E-state index is 0.186. The number of benzene rings is 2. The molecule has 0 fully saturated rings. The van der Waals surface area contributed by atoms with Gasteiger partial charge < -0.3 is 0 Å². The highest BCUT2D eigenvalue weighted by Crippen LogP contribution is 2.16. The third-order valence-corrected chi connectivity index (χ3v) is 4.05. The van der Waals surface area contributed by atoms with E-state index in [-0.39, 0.29) is 10.6 Å². The van der Waals surface area contributed by atoms with E-state index in [1.165, 1.54) is 30.3 Å². The molecule has 2 aromatic rings. The molecule has 0 saturated carbocycles. The zero-order valence-corrected chi connectivity index (χ0v) is 9.82. The number of hydrogen-bond acceptors (Lipinski definition) is 2. The van der Waals surface area contributed by atoms with E-state index in [2.05, 4.69) is 0 Å². The van der Waals surface area contributed by atoms with Gasteiger partial charge in [-0.05, 0) is 29.8 Å². The van der Waals surface area contributed by atoms with Gasteiger partial charge in [-0.1, -0.05) is 30.3 Å². The Bertz CT molecular complexity index is 606.